The number of phosphoric ester groups is 1. The van der Waals surface area contributed by atoms with Crippen LogP contribution in [0.1, 0.15) is 25.8 Å². The lowest BCUT2D eigenvalue weighted by Gasteiger charge is -2.19. The van der Waals surface area contributed by atoms with Gasteiger partial charge < -0.3 is 19.3 Å². The molecule has 3 heterocycles. The lowest BCUT2D eigenvalue weighted by Crippen LogP contribution is -2.24. The van der Waals surface area contributed by atoms with Gasteiger partial charge in [-0.25, -0.2) is 14.5 Å². The predicted molar refractivity (Wildman–Crippen MR) is 161 cm³/mol. The van der Waals surface area contributed by atoms with Gasteiger partial charge in [-0.2, -0.15) is 5.26 Å². The molecule has 0 aliphatic heterocycles. The molecular formula is C30H33N6O5P. The van der Waals surface area contributed by atoms with Gasteiger partial charge in [0.25, 0.3) is 0 Å². The third kappa shape index (κ3) is 7.18. The molecule has 1 N–H and O–H groups in total. The van der Waals surface area contributed by atoms with Crippen molar-refractivity contribution < 1.29 is 23.3 Å². The van der Waals surface area contributed by atoms with E-state index in [1.54, 1.807) is 67.2 Å². The van der Waals surface area contributed by atoms with Gasteiger partial charge >= 0.3 is 7.82 Å². The fraction of sp³-hybridized carbons (Fsp3) is 0.267. The second kappa shape index (κ2) is 13.2. The molecule has 4 rings (SSSR count). The first kappa shape index (κ1) is 30.8. The summed E-state index contributed by atoms with van der Waals surface area (Å²) in [5.74, 6) is -0.143. The van der Waals surface area contributed by atoms with Crippen LogP contribution in [0.15, 0.2) is 73.2 Å². The van der Waals surface area contributed by atoms with Crippen LogP contribution >= 0.6 is 7.82 Å². The Balaban J connectivity index is 1.78. The summed E-state index contributed by atoms with van der Waals surface area (Å²) in [4.78, 5) is 35.1. The number of carbonyl (C=O) groups excluding carboxylic acids is 1. The summed E-state index contributed by atoms with van der Waals surface area (Å²) in [6.07, 6.45) is 7.48. The van der Waals surface area contributed by atoms with Crippen molar-refractivity contribution in [2.24, 2.45) is 0 Å². The standard InChI is InChI=1S/C30H33N6O5P/c1-6-40-42(38,39)41-21(2)36-20-28(23-12-13-32-25(15-23)18-31)27-17-24(19-33-30(27)36)22-9-7-10-26(16-22)35(5)29(37)11-8-14-34(3)4/h7-13,15-17,19-21H,6,14H2,1-5H3,(H,38,39). The average molecular weight is 589 g/mol. The van der Waals surface area contributed by atoms with E-state index in [9.17, 15) is 19.5 Å². The molecule has 0 fully saturated rings. The Hall–Kier alpha value is -4.17. The second-order valence-corrected chi connectivity index (χ2v) is 11.2. The van der Waals surface area contributed by atoms with Crippen molar-refractivity contribution in [2.45, 2.75) is 20.1 Å². The van der Waals surface area contributed by atoms with Gasteiger partial charge in [0.15, 0.2) is 0 Å². The number of fused-ring (bicyclic) bond motifs is 1. The van der Waals surface area contributed by atoms with Crippen LogP contribution in [0.5, 0.6) is 0 Å². The fourth-order valence-electron chi connectivity index (χ4n) is 4.39. The van der Waals surface area contributed by atoms with Crippen LogP contribution in [0.2, 0.25) is 0 Å². The molecule has 218 valence electrons. The van der Waals surface area contributed by atoms with E-state index >= 15 is 0 Å². The van der Waals surface area contributed by atoms with Crippen molar-refractivity contribution in [3.8, 4) is 28.3 Å². The maximum absolute atomic E-state index is 12.7. The molecule has 0 aliphatic carbocycles. The zero-order chi connectivity index (χ0) is 30.4. The molecule has 2 atom stereocenters. The van der Waals surface area contributed by atoms with Crippen LogP contribution in [0.4, 0.5) is 5.69 Å². The quantitative estimate of drug-likeness (QED) is 0.181. The van der Waals surface area contributed by atoms with E-state index < -0.39 is 14.1 Å². The van der Waals surface area contributed by atoms with Crippen LogP contribution < -0.4 is 4.90 Å². The van der Waals surface area contributed by atoms with Crippen LogP contribution in [0.3, 0.4) is 0 Å². The first-order valence-corrected chi connectivity index (χ1v) is 14.7. The lowest BCUT2D eigenvalue weighted by atomic mass is 10.0. The highest BCUT2D eigenvalue weighted by molar-refractivity contribution is 7.47. The first-order valence-electron chi connectivity index (χ1n) is 13.2. The van der Waals surface area contributed by atoms with Crippen LogP contribution in [0, 0.1) is 11.3 Å². The number of likely N-dealkylation sites (N-methyl/N-ethyl adjacent to an activating group) is 2. The Kier molecular flexibility index (Phi) is 9.68. The summed E-state index contributed by atoms with van der Waals surface area (Å²) in [6.45, 7) is 3.90. The van der Waals surface area contributed by atoms with Gasteiger partial charge in [-0.1, -0.05) is 18.2 Å². The molecule has 0 radical (unpaired) electrons. The van der Waals surface area contributed by atoms with Crippen LogP contribution in [-0.4, -0.2) is 64.5 Å². The summed E-state index contributed by atoms with van der Waals surface area (Å²) in [7, 11) is 1.29. The number of anilines is 1. The van der Waals surface area contributed by atoms with Crippen molar-refractivity contribution in [1.82, 2.24) is 19.4 Å². The summed E-state index contributed by atoms with van der Waals surface area (Å²) in [6, 6.07) is 15.0. The summed E-state index contributed by atoms with van der Waals surface area (Å²) >= 11 is 0. The SMILES string of the molecule is CCOP(=O)(O)OC(C)n1cc(-c2ccnc(C#N)c2)c2cc(-c3cccc(N(C)C(=O)C=CCN(C)C)c3)cnc21. The number of hydrogen-bond donors (Lipinski definition) is 1. The molecule has 0 aliphatic rings. The number of aromatic nitrogens is 3. The number of nitriles is 1. The number of carbonyl (C=O) groups is 1. The van der Waals surface area contributed by atoms with Crippen molar-refractivity contribution in [2.75, 3.05) is 39.2 Å². The van der Waals surface area contributed by atoms with E-state index in [1.807, 2.05) is 55.4 Å². The number of pyridine rings is 2. The van der Waals surface area contributed by atoms with Crippen LogP contribution in [-0.2, 0) is 18.4 Å². The molecular weight excluding hydrogens is 555 g/mol. The average Bonchev–Trinajstić information content (AvgIpc) is 3.35. The van der Waals surface area contributed by atoms with Gasteiger partial charge in [0, 0.05) is 60.5 Å². The summed E-state index contributed by atoms with van der Waals surface area (Å²) in [5, 5.41) is 10.1. The minimum atomic E-state index is -4.30. The highest BCUT2D eigenvalue weighted by atomic mass is 31.2. The molecule has 0 bridgehead atoms. The third-order valence-corrected chi connectivity index (χ3v) is 7.61. The molecule has 1 amide bonds. The molecule has 42 heavy (non-hydrogen) atoms. The van der Waals surface area contributed by atoms with Crippen molar-refractivity contribution in [3.05, 3.63) is 78.9 Å². The zero-order valence-electron chi connectivity index (χ0n) is 24.1. The minimum Gasteiger partial charge on any atom is -0.312 e. The molecule has 2 unspecified atom stereocenters. The topological polar surface area (TPSA) is 134 Å². The molecule has 0 saturated carbocycles. The molecule has 0 spiro atoms. The van der Waals surface area contributed by atoms with Gasteiger partial charge in [0.05, 0.1) is 6.61 Å². The first-order chi connectivity index (χ1) is 20.0. The van der Waals surface area contributed by atoms with Gasteiger partial charge in [-0.3, -0.25) is 13.8 Å². The summed E-state index contributed by atoms with van der Waals surface area (Å²) < 4.78 is 24.3. The Morgan fingerprint density at radius 1 is 1.17 bits per heavy atom. The van der Waals surface area contributed by atoms with Crippen molar-refractivity contribution in [3.63, 3.8) is 0 Å². The van der Waals surface area contributed by atoms with E-state index in [0.29, 0.717) is 17.9 Å². The van der Waals surface area contributed by atoms with E-state index in [-0.39, 0.29) is 18.2 Å². The minimum absolute atomic E-state index is 0.0138. The van der Waals surface area contributed by atoms with E-state index in [4.69, 9.17) is 14.0 Å². The normalized spacial score (nSPS) is 13.8. The van der Waals surface area contributed by atoms with Gasteiger partial charge in [0.2, 0.25) is 5.91 Å². The van der Waals surface area contributed by atoms with Gasteiger partial charge in [-0.05, 0) is 69.4 Å². The monoisotopic (exact) mass is 588 g/mol. The van der Waals surface area contributed by atoms with Crippen molar-refractivity contribution in [1.29, 1.82) is 5.26 Å². The molecule has 0 saturated heterocycles. The Labute approximate surface area is 244 Å². The Bertz CT molecular complexity index is 1710. The Morgan fingerprint density at radius 2 is 1.95 bits per heavy atom. The predicted octanol–water partition coefficient (Wildman–Crippen LogP) is 5.39. The highest BCUT2D eigenvalue weighted by Crippen LogP contribution is 2.47. The van der Waals surface area contributed by atoms with E-state index in [1.165, 1.54) is 0 Å². The third-order valence-electron chi connectivity index (χ3n) is 6.45. The van der Waals surface area contributed by atoms with E-state index in [0.717, 1.165) is 27.6 Å². The number of benzene rings is 1. The fourth-order valence-corrected chi connectivity index (χ4v) is 5.26. The molecule has 1 aromatic carbocycles. The smallest absolute Gasteiger partial charge is 0.312 e. The maximum Gasteiger partial charge on any atom is 0.474 e. The zero-order valence-corrected chi connectivity index (χ0v) is 25.0. The molecule has 3 aromatic heterocycles. The second-order valence-electron chi connectivity index (χ2n) is 9.79. The summed E-state index contributed by atoms with van der Waals surface area (Å²) in [5.41, 5.74) is 4.54. The lowest BCUT2D eigenvalue weighted by molar-refractivity contribution is -0.113. The van der Waals surface area contributed by atoms with Gasteiger partial charge in [-0.15, -0.1) is 0 Å². The van der Waals surface area contributed by atoms with Gasteiger partial charge in [0.1, 0.15) is 23.6 Å². The number of amides is 1. The Morgan fingerprint density at radius 3 is 2.67 bits per heavy atom. The maximum atomic E-state index is 12.7. The van der Waals surface area contributed by atoms with E-state index in [2.05, 4.69) is 11.1 Å². The van der Waals surface area contributed by atoms with Crippen molar-refractivity contribution >= 4 is 30.5 Å². The largest absolute Gasteiger partial charge is 0.474 e. The number of nitrogens with zero attached hydrogens (tertiary/aromatic N) is 6. The highest BCUT2D eigenvalue weighted by Gasteiger charge is 2.26. The molecule has 12 heteroatoms. The number of phosphoric acid groups is 1. The number of hydrogen-bond acceptors (Lipinski definition) is 8. The molecule has 4 aromatic rings. The number of rotatable bonds is 11. The van der Waals surface area contributed by atoms with Crippen LogP contribution in [0.25, 0.3) is 33.3 Å². The molecule has 11 nitrogen and oxygen atoms in total.